The Morgan fingerprint density at radius 3 is 2.72 bits per heavy atom. The summed E-state index contributed by atoms with van der Waals surface area (Å²) >= 11 is 0. The zero-order valence-corrected chi connectivity index (χ0v) is 10.5. The molecule has 0 spiro atoms. The Hall–Kier alpha value is -1.86. The van der Waals surface area contributed by atoms with Crippen LogP contribution >= 0.6 is 0 Å². The molecule has 0 aromatic heterocycles. The molecule has 0 unspecified atom stereocenters. The van der Waals surface area contributed by atoms with Crippen LogP contribution in [0.15, 0.2) is 48.5 Å². The van der Waals surface area contributed by atoms with E-state index >= 15 is 0 Å². The highest BCUT2D eigenvalue weighted by Crippen LogP contribution is 2.37. The monoisotopic (exact) mass is 236 g/mol. The quantitative estimate of drug-likeness (QED) is 0.720. The van der Waals surface area contributed by atoms with Gasteiger partial charge in [0.15, 0.2) is 0 Å². The highest BCUT2D eigenvalue weighted by Gasteiger charge is 2.17. The molecule has 0 heterocycles. The van der Waals surface area contributed by atoms with Crippen molar-refractivity contribution < 1.29 is 5.11 Å². The molecule has 1 N–H and O–H groups in total. The van der Waals surface area contributed by atoms with E-state index in [4.69, 9.17) is 5.11 Å². The summed E-state index contributed by atoms with van der Waals surface area (Å²) in [6.45, 7) is 2.14. The zero-order chi connectivity index (χ0) is 12.5. The maximum atomic E-state index is 8.96. The molecule has 0 fully saturated rings. The molecule has 1 nitrogen and oxygen atoms in total. The van der Waals surface area contributed by atoms with Gasteiger partial charge in [-0.15, -0.1) is 0 Å². The van der Waals surface area contributed by atoms with Gasteiger partial charge in [0.25, 0.3) is 0 Å². The minimum absolute atomic E-state index is 0.100. The second-order valence-electron chi connectivity index (χ2n) is 4.78. The van der Waals surface area contributed by atoms with Gasteiger partial charge in [-0.2, -0.15) is 0 Å². The lowest BCUT2D eigenvalue weighted by atomic mass is 10.00. The fourth-order valence-electron chi connectivity index (χ4n) is 2.65. The van der Waals surface area contributed by atoms with Crippen LogP contribution in [0.1, 0.15) is 23.6 Å². The van der Waals surface area contributed by atoms with Gasteiger partial charge in [-0.3, -0.25) is 0 Å². The third kappa shape index (κ3) is 1.77. The molecule has 0 amide bonds. The maximum absolute atomic E-state index is 8.96. The average molecular weight is 236 g/mol. The van der Waals surface area contributed by atoms with E-state index in [1.54, 1.807) is 0 Å². The van der Waals surface area contributed by atoms with Crippen LogP contribution in [0.3, 0.4) is 0 Å². The molecule has 0 atom stereocenters. The van der Waals surface area contributed by atoms with Crippen LogP contribution in [0, 0.1) is 0 Å². The first kappa shape index (κ1) is 11.2. The zero-order valence-electron chi connectivity index (χ0n) is 10.5. The van der Waals surface area contributed by atoms with Gasteiger partial charge in [-0.25, -0.2) is 0 Å². The average Bonchev–Trinajstić information content (AvgIpc) is 2.76. The van der Waals surface area contributed by atoms with Crippen molar-refractivity contribution in [3.8, 4) is 11.1 Å². The Labute approximate surface area is 107 Å². The second kappa shape index (κ2) is 4.43. The summed E-state index contributed by atoms with van der Waals surface area (Å²) in [6.07, 6.45) is 2.87. The molecule has 0 saturated heterocycles. The summed E-state index contributed by atoms with van der Waals surface area (Å²) in [6, 6.07) is 15.2. The van der Waals surface area contributed by atoms with Gasteiger partial charge >= 0.3 is 0 Å². The van der Waals surface area contributed by atoms with Crippen molar-refractivity contribution in [3.05, 3.63) is 65.2 Å². The van der Waals surface area contributed by atoms with Crippen molar-refractivity contribution in [2.75, 3.05) is 6.61 Å². The molecule has 1 heteroatoms. The maximum Gasteiger partial charge on any atom is 0.0618 e. The van der Waals surface area contributed by atoms with Crippen molar-refractivity contribution in [3.63, 3.8) is 0 Å². The van der Waals surface area contributed by atoms with Crippen LogP contribution < -0.4 is 0 Å². The van der Waals surface area contributed by atoms with Crippen molar-refractivity contribution in [2.24, 2.45) is 0 Å². The molecule has 3 rings (SSSR count). The first-order valence-corrected chi connectivity index (χ1v) is 6.29. The highest BCUT2D eigenvalue weighted by molar-refractivity contribution is 5.79. The van der Waals surface area contributed by atoms with E-state index in [0.717, 1.165) is 12.0 Å². The van der Waals surface area contributed by atoms with Gasteiger partial charge in [0.1, 0.15) is 0 Å². The number of aliphatic hydroxyl groups excluding tert-OH is 1. The Kier molecular flexibility index (Phi) is 2.77. The summed E-state index contributed by atoms with van der Waals surface area (Å²) in [7, 11) is 0. The Morgan fingerprint density at radius 1 is 1.11 bits per heavy atom. The third-order valence-corrected chi connectivity index (χ3v) is 3.65. The Bertz CT molecular complexity index is 623. The van der Waals surface area contributed by atoms with Crippen LogP contribution in [-0.4, -0.2) is 11.7 Å². The Balaban J connectivity index is 2.06. The summed E-state index contributed by atoms with van der Waals surface area (Å²) in [5.74, 6) is 0. The molecular weight excluding hydrogens is 220 g/mol. The SMILES string of the molecule is C/C(=C/CO)c1ccc2c(c1)Cc1ccccc1-2. The molecule has 2 aromatic rings. The van der Waals surface area contributed by atoms with E-state index in [1.165, 1.54) is 27.8 Å². The molecule has 0 radical (unpaired) electrons. The van der Waals surface area contributed by atoms with E-state index in [-0.39, 0.29) is 6.61 Å². The van der Waals surface area contributed by atoms with Crippen LogP contribution in [0.4, 0.5) is 0 Å². The molecule has 1 aliphatic rings. The van der Waals surface area contributed by atoms with Crippen LogP contribution in [0.25, 0.3) is 16.7 Å². The van der Waals surface area contributed by atoms with E-state index < -0.39 is 0 Å². The summed E-state index contributed by atoms with van der Waals surface area (Å²) in [5.41, 5.74) is 7.86. The van der Waals surface area contributed by atoms with E-state index in [1.807, 2.05) is 13.0 Å². The number of allylic oxidation sites excluding steroid dienone is 1. The minimum Gasteiger partial charge on any atom is -0.392 e. The largest absolute Gasteiger partial charge is 0.392 e. The molecule has 90 valence electrons. The predicted octanol–water partition coefficient (Wildman–Crippen LogP) is 3.65. The molecular formula is C17H16O. The number of rotatable bonds is 2. The van der Waals surface area contributed by atoms with Gasteiger partial charge in [-0.1, -0.05) is 48.5 Å². The molecule has 2 aromatic carbocycles. The van der Waals surface area contributed by atoms with Gasteiger partial charge in [-0.05, 0) is 46.7 Å². The van der Waals surface area contributed by atoms with E-state index in [0.29, 0.717) is 0 Å². The first-order valence-electron chi connectivity index (χ1n) is 6.29. The lowest BCUT2D eigenvalue weighted by Gasteiger charge is -2.05. The predicted molar refractivity (Wildman–Crippen MR) is 75.4 cm³/mol. The van der Waals surface area contributed by atoms with Gasteiger partial charge in [0.05, 0.1) is 6.61 Å². The van der Waals surface area contributed by atoms with E-state index in [2.05, 4.69) is 42.5 Å². The lowest BCUT2D eigenvalue weighted by Crippen LogP contribution is -1.86. The van der Waals surface area contributed by atoms with E-state index in [9.17, 15) is 0 Å². The molecule has 0 bridgehead atoms. The number of hydrogen-bond donors (Lipinski definition) is 1. The van der Waals surface area contributed by atoms with Crippen LogP contribution in [0.5, 0.6) is 0 Å². The van der Waals surface area contributed by atoms with Crippen molar-refractivity contribution >= 4 is 5.57 Å². The van der Waals surface area contributed by atoms with Crippen molar-refractivity contribution in [1.82, 2.24) is 0 Å². The van der Waals surface area contributed by atoms with Crippen molar-refractivity contribution in [2.45, 2.75) is 13.3 Å². The number of hydrogen-bond acceptors (Lipinski definition) is 1. The van der Waals surface area contributed by atoms with Crippen molar-refractivity contribution in [1.29, 1.82) is 0 Å². The van der Waals surface area contributed by atoms with Gasteiger partial charge in [0.2, 0.25) is 0 Å². The second-order valence-corrected chi connectivity index (χ2v) is 4.78. The Morgan fingerprint density at radius 2 is 1.89 bits per heavy atom. The smallest absolute Gasteiger partial charge is 0.0618 e. The summed E-state index contributed by atoms with van der Waals surface area (Å²) < 4.78 is 0. The summed E-state index contributed by atoms with van der Waals surface area (Å²) in [5, 5.41) is 8.96. The number of benzene rings is 2. The lowest BCUT2D eigenvalue weighted by molar-refractivity contribution is 0.343. The normalized spacial score (nSPS) is 13.3. The molecule has 0 saturated carbocycles. The van der Waals surface area contributed by atoms with Gasteiger partial charge < -0.3 is 5.11 Å². The number of fused-ring (bicyclic) bond motifs is 3. The third-order valence-electron chi connectivity index (χ3n) is 3.65. The van der Waals surface area contributed by atoms with Crippen LogP contribution in [-0.2, 0) is 6.42 Å². The summed E-state index contributed by atoms with van der Waals surface area (Å²) in [4.78, 5) is 0. The standard InChI is InChI=1S/C17H16O/c1-12(8-9-18)13-6-7-17-15(10-13)11-14-4-2-3-5-16(14)17/h2-8,10,18H,9,11H2,1H3/b12-8-. The molecule has 0 aliphatic heterocycles. The fraction of sp³-hybridized carbons (Fsp3) is 0.176. The highest BCUT2D eigenvalue weighted by atomic mass is 16.2. The van der Waals surface area contributed by atoms with Crippen LogP contribution in [0.2, 0.25) is 0 Å². The first-order chi connectivity index (χ1) is 8.79. The van der Waals surface area contributed by atoms with Gasteiger partial charge in [0, 0.05) is 0 Å². The minimum atomic E-state index is 0.100. The number of aliphatic hydroxyl groups is 1. The molecule has 1 aliphatic carbocycles. The molecule has 18 heavy (non-hydrogen) atoms. The fourth-order valence-corrected chi connectivity index (χ4v) is 2.65. The topological polar surface area (TPSA) is 20.2 Å².